The number of hydrogen-bond donors (Lipinski definition) is 0. The molecule has 5 heteroatoms. The molecule has 6 aromatic rings. The topological polar surface area (TPSA) is 43.9 Å². The monoisotopic (exact) mass is 433 g/mol. The Bertz CT molecular complexity index is 1610. The highest BCUT2D eigenvalue weighted by Crippen LogP contribution is 2.37. The van der Waals surface area contributed by atoms with E-state index in [0.29, 0.717) is 0 Å². The van der Waals surface area contributed by atoms with Crippen LogP contribution >= 0.6 is 0 Å². The molecule has 0 fully saturated rings. The highest BCUT2D eigenvalue weighted by molar-refractivity contribution is 6.88. The lowest BCUT2D eigenvalue weighted by Gasteiger charge is -2.15. The van der Waals surface area contributed by atoms with E-state index in [0.717, 1.165) is 50.0 Å². The number of fused-ring (bicyclic) bond motifs is 4. The maximum absolute atomic E-state index is 6.51. The Morgan fingerprint density at radius 1 is 0.844 bits per heavy atom. The Kier molecular flexibility index (Phi) is 4.10. The molecule has 32 heavy (non-hydrogen) atoms. The van der Waals surface area contributed by atoms with Gasteiger partial charge in [0.15, 0.2) is 0 Å². The van der Waals surface area contributed by atoms with Gasteiger partial charge in [0.1, 0.15) is 17.0 Å². The molecule has 156 valence electrons. The predicted octanol–water partition coefficient (Wildman–Crippen LogP) is 6.53. The van der Waals surface area contributed by atoms with E-state index < -0.39 is 8.07 Å². The van der Waals surface area contributed by atoms with Crippen molar-refractivity contribution in [3.05, 3.63) is 85.2 Å². The van der Waals surface area contributed by atoms with Crippen LogP contribution in [0.4, 0.5) is 0 Å². The first-order valence-electron chi connectivity index (χ1n) is 10.8. The van der Waals surface area contributed by atoms with Crippen molar-refractivity contribution in [2.24, 2.45) is 0 Å². The van der Waals surface area contributed by atoms with Crippen molar-refractivity contribution in [3.8, 4) is 17.1 Å². The van der Waals surface area contributed by atoms with Crippen molar-refractivity contribution >= 4 is 46.2 Å². The molecule has 4 nitrogen and oxygen atoms in total. The maximum atomic E-state index is 6.51. The van der Waals surface area contributed by atoms with Gasteiger partial charge < -0.3 is 4.42 Å². The summed E-state index contributed by atoms with van der Waals surface area (Å²) in [5, 5.41) is 3.66. The SMILES string of the molecule is C[Si](C)(C)c1ccc2c(c1)oc1c(-c3nc4ccncc4n3-c3ccccc3)cccc12. The molecule has 0 spiro atoms. The second-order valence-corrected chi connectivity index (χ2v) is 14.3. The Labute approximate surface area is 187 Å². The van der Waals surface area contributed by atoms with E-state index in [1.807, 2.05) is 30.5 Å². The zero-order chi connectivity index (χ0) is 21.9. The molecule has 0 aliphatic carbocycles. The number of hydrogen-bond acceptors (Lipinski definition) is 3. The fourth-order valence-corrected chi connectivity index (χ4v) is 5.53. The van der Waals surface area contributed by atoms with Crippen LogP contribution in [0.5, 0.6) is 0 Å². The van der Waals surface area contributed by atoms with Crippen molar-refractivity contribution < 1.29 is 4.42 Å². The molecular formula is C27H23N3OSi. The normalized spacial score (nSPS) is 12.2. The summed E-state index contributed by atoms with van der Waals surface area (Å²) in [6, 6.07) is 25.3. The van der Waals surface area contributed by atoms with Crippen LogP contribution in [0.1, 0.15) is 0 Å². The van der Waals surface area contributed by atoms with Crippen LogP contribution in [0, 0.1) is 0 Å². The second kappa shape index (κ2) is 6.90. The lowest BCUT2D eigenvalue weighted by Crippen LogP contribution is -2.37. The van der Waals surface area contributed by atoms with Crippen molar-refractivity contribution in [2.45, 2.75) is 19.6 Å². The Balaban J connectivity index is 1.67. The highest BCUT2D eigenvalue weighted by atomic mass is 28.3. The molecule has 0 aliphatic rings. The summed E-state index contributed by atoms with van der Waals surface area (Å²) in [7, 11) is -1.44. The number of para-hydroxylation sites is 2. The number of pyridine rings is 1. The van der Waals surface area contributed by atoms with Crippen LogP contribution in [0.3, 0.4) is 0 Å². The molecular weight excluding hydrogens is 410 g/mol. The highest BCUT2D eigenvalue weighted by Gasteiger charge is 2.21. The van der Waals surface area contributed by atoms with Gasteiger partial charge in [0.2, 0.25) is 0 Å². The molecule has 0 N–H and O–H groups in total. The van der Waals surface area contributed by atoms with Gasteiger partial charge in [-0.05, 0) is 30.3 Å². The average molecular weight is 434 g/mol. The lowest BCUT2D eigenvalue weighted by molar-refractivity contribution is 0.669. The second-order valence-electron chi connectivity index (χ2n) is 9.22. The molecule has 3 heterocycles. The van der Waals surface area contributed by atoms with Crippen molar-refractivity contribution in [1.29, 1.82) is 0 Å². The summed E-state index contributed by atoms with van der Waals surface area (Å²) in [6.45, 7) is 7.08. The Hall–Kier alpha value is -3.70. The van der Waals surface area contributed by atoms with Gasteiger partial charge in [-0.15, -0.1) is 0 Å². The summed E-state index contributed by atoms with van der Waals surface area (Å²) in [4.78, 5) is 9.36. The van der Waals surface area contributed by atoms with Crippen molar-refractivity contribution in [2.75, 3.05) is 0 Å². The Morgan fingerprint density at radius 3 is 2.50 bits per heavy atom. The van der Waals surface area contributed by atoms with E-state index in [1.165, 1.54) is 5.19 Å². The van der Waals surface area contributed by atoms with Gasteiger partial charge in [-0.25, -0.2) is 4.98 Å². The summed E-state index contributed by atoms with van der Waals surface area (Å²) >= 11 is 0. The summed E-state index contributed by atoms with van der Waals surface area (Å²) in [5.74, 6) is 0.856. The molecule has 6 rings (SSSR count). The van der Waals surface area contributed by atoms with Crippen molar-refractivity contribution in [1.82, 2.24) is 14.5 Å². The molecule has 3 aromatic carbocycles. The van der Waals surface area contributed by atoms with E-state index in [-0.39, 0.29) is 0 Å². The molecule has 0 bridgehead atoms. The number of benzene rings is 3. The van der Waals surface area contributed by atoms with E-state index in [1.54, 1.807) is 6.20 Å². The first-order valence-corrected chi connectivity index (χ1v) is 14.3. The number of nitrogens with zero attached hydrogens (tertiary/aromatic N) is 3. The standard InChI is InChI=1S/C27H23N3OSi/c1-32(2,3)19-12-13-20-21-10-7-11-22(26(21)31-25(20)16-19)27-29-23-14-15-28-17-24(23)30(27)18-8-5-4-6-9-18/h4-17H,1-3H3. The van der Waals surface area contributed by atoms with Gasteiger partial charge in [-0.1, -0.05) is 67.3 Å². The summed E-state index contributed by atoms with van der Waals surface area (Å²) in [6.07, 6.45) is 3.66. The van der Waals surface area contributed by atoms with E-state index in [9.17, 15) is 0 Å². The lowest BCUT2D eigenvalue weighted by atomic mass is 10.1. The summed E-state index contributed by atoms with van der Waals surface area (Å²) in [5.41, 5.74) is 5.73. The molecule has 0 saturated carbocycles. The fraction of sp³-hybridized carbons (Fsp3) is 0.111. The third-order valence-corrected chi connectivity index (χ3v) is 8.12. The minimum atomic E-state index is -1.44. The van der Waals surface area contributed by atoms with Crippen LogP contribution in [0.15, 0.2) is 89.6 Å². The molecule has 0 saturated heterocycles. The first-order chi connectivity index (χ1) is 15.5. The largest absolute Gasteiger partial charge is 0.455 e. The number of aromatic nitrogens is 3. The van der Waals surface area contributed by atoms with Gasteiger partial charge >= 0.3 is 0 Å². The maximum Gasteiger partial charge on any atom is 0.149 e. The van der Waals surface area contributed by atoms with Crippen LogP contribution in [-0.4, -0.2) is 22.6 Å². The number of rotatable bonds is 3. The van der Waals surface area contributed by atoms with Gasteiger partial charge in [0.25, 0.3) is 0 Å². The first kappa shape index (κ1) is 19.0. The molecule has 0 atom stereocenters. The third kappa shape index (κ3) is 2.89. The van der Waals surface area contributed by atoms with E-state index in [4.69, 9.17) is 9.40 Å². The average Bonchev–Trinajstić information content (AvgIpc) is 3.37. The molecule has 3 aromatic heterocycles. The molecule has 0 radical (unpaired) electrons. The molecule has 0 unspecified atom stereocenters. The van der Waals surface area contributed by atoms with Crippen LogP contribution in [0.25, 0.3) is 50.0 Å². The van der Waals surface area contributed by atoms with Crippen molar-refractivity contribution in [3.63, 3.8) is 0 Å². The van der Waals surface area contributed by atoms with Gasteiger partial charge in [0.05, 0.1) is 30.9 Å². The molecule has 0 amide bonds. The van der Waals surface area contributed by atoms with E-state index in [2.05, 4.69) is 77.7 Å². The predicted molar refractivity (Wildman–Crippen MR) is 135 cm³/mol. The van der Waals surface area contributed by atoms with Crippen LogP contribution < -0.4 is 5.19 Å². The smallest absolute Gasteiger partial charge is 0.149 e. The van der Waals surface area contributed by atoms with Gasteiger partial charge in [0, 0.05) is 22.7 Å². The van der Waals surface area contributed by atoms with Gasteiger partial charge in [-0.3, -0.25) is 9.55 Å². The third-order valence-electron chi connectivity index (χ3n) is 6.08. The fourth-order valence-electron chi connectivity index (χ4n) is 4.38. The van der Waals surface area contributed by atoms with Crippen LogP contribution in [0.2, 0.25) is 19.6 Å². The molecule has 0 aliphatic heterocycles. The summed E-state index contributed by atoms with van der Waals surface area (Å²) < 4.78 is 8.68. The minimum Gasteiger partial charge on any atom is -0.455 e. The van der Waals surface area contributed by atoms with E-state index >= 15 is 0 Å². The van der Waals surface area contributed by atoms with Crippen LogP contribution in [-0.2, 0) is 0 Å². The zero-order valence-corrected chi connectivity index (χ0v) is 19.3. The minimum absolute atomic E-state index is 0.856. The number of imidazole rings is 1. The van der Waals surface area contributed by atoms with Gasteiger partial charge in [-0.2, -0.15) is 0 Å². The Morgan fingerprint density at radius 2 is 1.69 bits per heavy atom. The zero-order valence-electron chi connectivity index (χ0n) is 18.3. The number of furan rings is 1. The quantitative estimate of drug-likeness (QED) is 0.298.